The molecule has 0 bridgehead atoms. The third-order valence-electron chi connectivity index (χ3n) is 7.67. The molecule has 4 rings (SSSR count). The van der Waals surface area contributed by atoms with Gasteiger partial charge in [0, 0.05) is 19.6 Å². The number of esters is 2. The van der Waals surface area contributed by atoms with Crippen molar-refractivity contribution in [1.29, 1.82) is 0 Å². The Balaban J connectivity index is 1.70. The fourth-order valence-electron chi connectivity index (χ4n) is 6.00. The van der Waals surface area contributed by atoms with E-state index in [1.54, 1.807) is 4.90 Å². The van der Waals surface area contributed by atoms with Crippen LogP contribution in [0.25, 0.3) is 0 Å². The first-order chi connectivity index (χ1) is 20.1. The summed E-state index contributed by atoms with van der Waals surface area (Å²) in [5.74, 6) is -1.15. The van der Waals surface area contributed by atoms with E-state index in [1.807, 2.05) is 30.3 Å². The van der Waals surface area contributed by atoms with Gasteiger partial charge in [0.1, 0.15) is 18.7 Å². The van der Waals surface area contributed by atoms with Gasteiger partial charge in [0.25, 0.3) is 0 Å². The number of nitrogens with zero attached hydrogens (tertiary/aromatic N) is 2. The quantitative estimate of drug-likeness (QED) is 0.280. The summed E-state index contributed by atoms with van der Waals surface area (Å²) in [5.41, 5.74) is 7.51. The second-order valence-corrected chi connectivity index (χ2v) is 11.5. The molecule has 0 radical (unpaired) electrons. The Morgan fingerprint density at radius 3 is 1.90 bits per heavy atom. The van der Waals surface area contributed by atoms with Crippen LogP contribution in [0.3, 0.4) is 0 Å². The summed E-state index contributed by atoms with van der Waals surface area (Å²) in [6.07, 6.45) is 1.11. The first-order valence-electron chi connectivity index (χ1n) is 14.6. The van der Waals surface area contributed by atoms with Gasteiger partial charge in [-0.05, 0) is 57.2 Å². The lowest BCUT2D eigenvalue weighted by Crippen LogP contribution is -2.52. The lowest BCUT2D eigenvalue weighted by atomic mass is 10.0. The van der Waals surface area contributed by atoms with Crippen molar-refractivity contribution in [3.8, 4) is 0 Å². The molecule has 3 aromatic carbocycles. The van der Waals surface area contributed by atoms with Gasteiger partial charge in [-0.3, -0.25) is 14.5 Å². The molecule has 42 heavy (non-hydrogen) atoms. The molecule has 1 amide bonds. The van der Waals surface area contributed by atoms with E-state index in [0.29, 0.717) is 32.5 Å². The standard InChI is InChI=1S/C35H42N2O5/c1-24-14-25(2)17-29(16-24)21-36(22-30-18-26(3)15-27(4)19-30)32(20-33(38)42-23-28-10-7-6-8-11-28)34(39)37-13-9-12-31(37)35(40)41-5/h6-8,10-11,14-19,31-32H,9,12-13,20-23H2,1-5H3/t31-,32-/m0/s1. The van der Waals surface area contributed by atoms with Crippen LogP contribution in [0.1, 0.15) is 58.2 Å². The molecular formula is C35H42N2O5. The average Bonchev–Trinajstić information content (AvgIpc) is 3.43. The van der Waals surface area contributed by atoms with Crippen LogP contribution in [0.15, 0.2) is 66.7 Å². The Morgan fingerprint density at radius 2 is 1.38 bits per heavy atom. The number of amides is 1. The molecule has 1 saturated heterocycles. The van der Waals surface area contributed by atoms with Crippen molar-refractivity contribution in [3.63, 3.8) is 0 Å². The molecule has 1 aliphatic rings. The zero-order valence-electron chi connectivity index (χ0n) is 25.4. The predicted molar refractivity (Wildman–Crippen MR) is 162 cm³/mol. The lowest BCUT2D eigenvalue weighted by molar-refractivity contribution is -0.156. The highest BCUT2D eigenvalue weighted by atomic mass is 16.5. The van der Waals surface area contributed by atoms with Crippen molar-refractivity contribution in [2.75, 3.05) is 13.7 Å². The summed E-state index contributed by atoms with van der Waals surface area (Å²) in [6.45, 7) is 9.69. The van der Waals surface area contributed by atoms with E-state index in [2.05, 4.69) is 69.0 Å². The second kappa shape index (κ2) is 14.3. The molecule has 3 aromatic rings. The molecule has 0 saturated carbocycles. The van der Waals surface area contributed by atoms with E-state index in [1.165, 1.54) is 7.11 Å². The van der Waals surface area contributed by atoms with Crippen molar-refractivity contribution >= 4 is 17.8 Å². The maximum atomic E-state index is 14.3. The number of methoxy groups -OCH3 is 1. The van der Waals surface area contributed by atoms with E-state index in [4.69, 9.17) is 9.47 Å². The molecule has 0 spiro atoms. The summed E-state index contributed by atoms with van der Waals surface area (Å²) < 4.78 is 10.7. The third-order valence-corrected chi connectivity index (χ3v) is 7.67. The van der Waals surface area contributed by atoms with Crippen LogP contribution in [0, 0.1) is 27.7 Å². The highest BCUT2D eigenvalue weighted by molar-refractivity contribution is 5.90. The van der Waals surface area contributed by atoms with Gasteiger partial charge in [-0.15, -0.1) is 0 Å². The Labute approximate surface area is 249 Å². The van der Waals surface area contributed by atoms with Gasteiger partial charge in [0.05, 0.1) is 13.5 Å². The molecule has 7 heteroatoms. The maximum absolute atomic E-state index is 14.3. The average molecular weight is 571 g/mol. The van der Waals surface area contributed by atoms with Gasteiger partial charge >= 0.3 is 11.9 Å². The monoisotopic (exact) mass is 570 g/mol. The largest absolute Gasteiger partial charge is 0.467 e. The van der Waals surface area contributed by atoms with Gasteiger partial charge in [0.2, 0.25) is 5.91 Å². The van der Waals surface area contributed by atoms with Crippen molar-refractivity contribution in [1.82, 2.24) is 9.80 Å². The predicted octanol–water partition coefficient (Wildman–Crippen LogP) is 5.59. The summed E-state index contributed by atoms with van der Waals surface area (Å²) >= 11 is 0. The smallest absolute Gasteiger partial charge is 0.328 e. The number of carbonyl (C=O) groups excluding carboxylic acids is 3. The van der Waals surface area contributed by atoms with E-state index in [0.717, 1.165) is 38.9 Å². The second-order valence-electron chi connectivity index (χ2n) is 11.5. The molecular weight excluding hydrogens is 528 g/mol. The summed E-state index contributed by atoms with van der Waals surface area (Å²) in [7, 11) is 1.34. The first kappa shape index (κ1) is 31.0. The Hall–Kier alpha value is -3.97. The Kier molecular flexibility index (Phi) is 10.5. The van der Waals surface area contributed by atoms with Crippen LogP contribution in [0.5, 0.6) is 0 Å². The van der Waals surface area contributed by atoms with Crippen LogP contribution in [0.2, 0.25) is 0 Å². The molecule has 1 aliphatic heterocycles. The number of aryl methyl sites for hydroxylation is 4. The molecule has 0 aliphatic carbocycles. The number of likely N-dealkylation sites (tertiary alicyclic amines) is 1. The van der Waals surface area contributed by atoms with Gasteiger partial charge in [-0.2, -0.15) is 0 Å². The number of carbonyl (C=O) groups is 3. The highest BCUT2D eigenvalue weighted by Crippen LogP contribution is 2.25. The topological polar surface area (TPSA) is 76.1 Å². The summed E-state index contributed by atoms with van der Waals surface area (Å²) in [6, 6.07) is 20.7. The molecule has 0 unspecified atom stereocenters. The van der Waals surface area contributed by atoms with Crippen LogP contribution in [-0.4, -0.2) is 53.4 Å². The number of hydrogen-bond acceptors (Lipinski definition) is 6. The van der Waals surface area contributed by atoms with E-state index in [-0.39, 0.29) is 18.9 Å². The highest BCUT2D eigenvalue weighted by Gasteiger charge is 2.40. The van der Waals surface area contributed by atoms with Gasteiger partial charge < -0.3 is 14.4 Å². The van der Waals surface area contributed by atoms with Gasteiger partial charge in [-0.1, -0.05) is 89.0 Å². The first-order valence-corrected chi connectivity index (χ1v) is 14.6. The maximum Gasteiger partial charge on any atom is 0.328 e. The minimum Gasteiger partial charge on any atom is -0.467 e. The minimum absolute atomic E-state index is 0.128. The molecule has 0 aromatic heterocycles. The fraction of sp³-hybridized carbons (Fsp3) is 0.400. The molecule has 2 atom stereocenters. The van der Waals surface area contributed by atoms with Crippen molar-refractivity contribution in [3.05, 3.63) is 106 Å². The van der Waals surface area contributed by atoms with Crippen molar-refractivity contribution < 1.29 is 23.9 Å². The Morgan fingerprint density at radius 1 is 0.833 bits per heavy atom. The summed E-state index contributed by atoms with van der Waals surface area (Å²) in [4.78, 5) is 43.9. The minimum atomic E-state index is -0.833. The van der Waals surface area contributed by atoms with E-state index < -0.39 is 24.0 Å². The van der Waals surface area contributed by atoms with Crippen LogP contribution in [0.4, 0.5) is 0 Å². The van der Waals surface area contributed by atoms with Gasteiger partial charge in [-0.25, -0.2) is 4.79 Å². The van der Waals surface area contributed by atoms with Crippen molar-refractivity contribution in [2.45, 2.75) is 78.7 Å². The van der Waals surface area contributed by atoms with Crippen molar-refractivity contribution in [2.24, 2.45) is 0 Å². The molecule has 1 fully saturated rings. The summed E-state index contributed by atoms with van der Waals surface area (Å²) in [5, 5.41) is 0. The number of benzene rings is 3. The molecule has 1 heterocycles. The van der Waals surface area contributed by atoms with Crippen LogP contribution in [-0.2, 0) is 43.6 Å². The fourth-order valence-corrected chi connectivity index (χ4v) is 6.00. The SMILES string of the molecule is COC(=O)[C@@H]1CCCN1C(=O)[C@H](CC(=O)OCc1ccccc1)N(Cc1cc(C)cc(C)c1)Cc1cc(C)cc(C)c1. The third kappa shape index (κ3) is 8.29. The molecule has 7 nitrogen and oxygen atoms in total. The van der Waals surface area contributed by atoms with Crippen LogP contribution >= 0.6 is 0 Å². The van der Waals surface area contributed by atoms with E-state index in [9.17, 15) is 14.4 Å². The number of rotatable bonds is 11. The number of ether oxygens (including phenoxy) is 2. The Bertz CT molecular complexity index is 1310. The zero-order chi connectivity index (χ0) is 30.2. The lowest BCUT2D eigenvalue weighted by Gasteiger charge is -2.35. The van der Waals surface area contributed by atoms with Gasteiger partial charge in [0.15, 0.2) is 0 Å². The molecule has 222 valence electrons. The molecule has 0 N–H and O–H groups in total. The van der Waals surface area contributed by atoms with Crippen LogP contribution < -0.4 is 0 Å². The number of hydrogen-bond donors (Lipinski definition) is 0. The van der Waals surface area contributed by atoms with E-state index >= 15 is 0 Å². The zero-order valence-corrected chi connectivity index (χ0v) is 25.4. The normalized spacial score (nSPS) is 15.5.